The van der Waals surface area contributed by atoms with Gasteiger partial charge in [-0.15, -0.1) is 0 Å². The van der Waals surface area contributed by atoms with E-state index in [2.05, 4.69) is 20.2 Å². The first-order valence-corrected chi connectivity index (χ1v) is 10.7. The molecule has 0 radical (unpaired) electrons. The van der Waals surface area contributed by atoms with Gasteiger partial charge in [0.15, 0.2) is 0 Å². The number of hydrogen-bond donors (Lipinski definition) is 1. The summed E-state index contributed by atoms with van der Waals surface area (Å²) in [7, 11) is 0. The summed E-state index contributed by atoms with van der Waals surface area (Å²) in [6.45, 7) is 10.1. The summed E-state index contributed by atoms with van der Waals surface area (Å²) in [4.78, 5) is 25.5. The van der Waals surface area contributed by atoms with Crippen molar-refractivity contribution in [2.75, 3.05) is 51.2 Å². The Morgan fingerprint density at radius 1 is 1.11 bits per heavy atom. The number of morpholine rings is 1. The molecule has 3 aliphatic rings. The molecule has 7 nitrogen and oxygen atoms in total. The van der Waals surface area contributed by atoms with E-state index in [-0.39, 0.29) is 18.6 Å². The Bertz CT molecular complexity index is 685. The highest BCUT2D eigenvalue weighted by molar-refractivity contribution is 5.78. The molecule has 0 bridgehead atoms. The standard InChI is InChI=1S/C21H33N5O2/c1-15-16(2)23-14-24-21(15)22-9-19-12-26(20(27)13-28-19)11-18-5-7-25(8-6-18)10-17-3-4-17/h14,17-19H,3-13H2,1-2H3,(H,22,23,24). The smallest absolute Gasteiger partial charge is 0.248 e. The molecule has 0 aromatic carbocycles. The second-order valence-electron chi connectivity index (χ2n) is 8.73. The van der Waals surface area contributed by atoms with E-state index in [9.17, 15) is 4.79 Å². The lowest BCUT2D eigenvalue weighted by Crippen LogP contribution is -2.51. The average molecular weight is 388 g/mol. The van der Waals surface area contributed by atoms with Gasteiger partial charge in [-0.05, 0) is 64.5 Å². The lowest BCUT2D eigenvalue weighted by atomic mass is 9.95. The SMILES string of the molecule is Cc1ncnc(NCC2CN(CC3CCN(CC4CC4)CC3)C(=O)CO2)c1C. The number of piperidine rings is 1. The number of nitrogens with one attached hydrogen (secondary N) is 1. The summed E-state index contributed by atoms with van der Waals surface area (Å²) < 4.78 is 5.76. The Labute approximate surface area is 167 Å². The fourth-order valence-corrected chi connectivity index (χ4v) is 4.24. The zero-order chi connectivity index (χ0) is 19.5. The van der Waals surface area contributed by atoms with Crippen molar-refractivity contribution in [1.82, 2.24) is 19.8 Å². The Hall–Kier alpha value is -1.73. The topological polar surface area (TPSA) is 70.6 Å². The van der Waals surface area contributed by atoms with Gasteiger partial charge < -0.3 is 19.9 Å². The first-order valence-electron chi connectivity index (χ1n) is 10.7. The molecular weight excluding hydrogens is 354 g/mol. The molecule has 1 atom stereocenters. The monoisotopic (exact) mass is 387 g/mol. The minimum absolute atomic E-state index is 0.00215. The van der Waals surface area contributed by atoms with Crippen LogP contribution in [0.15, 0.2) is 6.33 Å². The van der Waals surface area contributed by atoms with Crippen molar-refractivity contribution in [2.24, 2.45) is 11.8 Å². The van der Waals surface area contributed by atoms with Crippen molar-refractivity contribution >= 4 is 11.7 Å². The van der Waals surface area contributed by atoms with Gasteiger partial charge in [0.05, 0.1) is 6.10 Å². The maximum atomic E-state index is 12.4. The largest absolute Gasteiger partial charge is 0.367 e. The fraction of sp³-hybridized carbons (Fsp3) is 0.762. The molecule has 3 fully saturated rings. The van der Waals surface area contributed by atoms with Crippen molar-refractivity contribution in [3.8, 4) is 0 Å². The van der Waals surface area contributed by atoms with E-state index in [0.29, 0.717) is 19.0 Å². The van der Waals surface area contributed by atoms with Gasteiger partial charge in [0.2, 0.25) is 5.91 Å². The number of amides is 1. The van der Waals surface area contributed by atoms with Crippen LogP contribution in [0, 0.1) is 25.7 Å². The van der Waals surface area contributed by atoms with Crippen LogP contribution in [0.3, 0.4) is 0 Å². The zero-order valence-electron chi connectivity index (χ0n) is 17.2. The van der Waals surface area contributed by atoms with Crippen molar-refractivity contribution in [1.29, 1.82) is 0 Å². The second kappa shape index (κ2) is 8.74. The van der Waals surface area contributed by atoms with Crippen LogP contribution in [0.4, 0.5) is 5.82 Å². The summed E-state index contributed by atoms with van der Waals surface area (Å²) in [6, 6.07) is 0. The third kappa shape index (κ3) is 5.00. The number of hydrogen-bond acceptors (Lipinski definition) is 6. The number of anilines is 1. The fourth-order valence-electron chi connectivity index (χ4n) is 4.24. The second-order valence-corrected chi connectivity index (χ2v) is 8.73. The molecule has 1 saturated carbocycles. The highest BCUT2D eigenvalue weighted by atomic mass is 16.5. The number of aryl methyl sites for hydroxylation is 1. The average Bonchev–Trinajstić information content (AvgIpc) is 3.51. The molecule has 2 aliphatic heterocycles. The zero-order valence-corrected chi connectivity index (χ0v) is 17.2. The lowest BCUT2D eigenvalue weighted by Gasteiger charge is -2.38. The molecule has 4 rings (SSSR count). The van der Waals surface area contributed by atoms with Crippen LogP contribution >= 0.6 is 0 Å². The molecule has 2 saturated heterocycles. The molecule has 7 heteroatoms. The van der Waals surface area contributed by atoms with Crippen LogP contribution in [-0.4, -0.2) is 77.7 Å². The van der Waals surface area contributed by atoms with Crippen LogP contribution in [0.25, 0.3) is 0 Å². The maximum Gasteiger partial charge on any atom is 0.248 e. The van der Waals surface area contributed by atoms with E-state index in [1.807, 2.05) is 18.7 Å². The van der Waals surface area contributed by atoms with Crippen LogP contribution in [0.5, 0.6) is 0 Å². The van der Waals surface area contributed by atoms with Gasteiger partial charge in [-0.2, -0.15) is 0 Å². The van der Waals surface area contributed by atoms with Gasteiger partial charge in [-0.1, -0.05) is 0 Å². The molecule has 28 heavy (non-hydrogen) atoms. The number of nitrogens with zero attached hydrogens (tertiary/aromatic N) is 4. The lowest BCUT2D eigenvalue weighted by molar-refractivity contribution is -0.149. The molecule has 1 unspecified atom stereocenters. The first-order chi connectivity index (χ1) is 13.6. The van der Waals surface area contributed by atoms with Crippen LogP contribution in [-0.2, 0) is 9.53 Å². The third-order valence-electron chi connectivity index (χ3n) is 6.45. The van der Waals surface area contributed by atoms with Crippen LogP contribution in [0.1, 0.15) is 36.9 Å². The van der Waals surface area contributed by atoms with Gasteiger partial charge >= 0.3 is 0 Å². The number of rotatable bonds is 7. The maximum absolute atomic E-state index is 12.4. The molecule has 1 amide bonds. The van der Waals surface area contributed by atoms with Gasteiger partial charge in [0.25, 0.3) is 0 Å². The Morgan fingerprint density at radius 3 is 2.61 bits per heavy atom. The summed E-state index contributed by atoms with van der Waals surface area (Å²) >= 11 is 0. The molecule has 1 aromatic heterocycles. The normalized spacial score (nSPS) is 24.6. The summed E-state index contributed by atoms with van der Waals surface area (Å²) in [5, 5.41) is 3.37. The van der Waals surface area contributed by atoms with E-state index in [1.165, 1.54) is 45.3 Å². The van der Waals surface area contributed by atoms with Crippen molar-refractivity contribution < 1.29 is 9.53 Å². The minimum atomic E-state index is 0.00215. The Kier molecular flexibility index (Phi) is 6.11. The number of carbonyl (C=O) groups is 1. The van der Waals surface area contributed by atoms with E-state index >= 15 is 0 Å². The summed E-state index contributed by atoms with van der Waals surface area (Å²) in [5.74, 6) is 2.57. The Morgan fingerprint density at radius 2 is 1.86 bits per heavy atom. The molecular formula is C21H33N5O2. The van der Waals surface area contributed by atoms with E-state index in [4.69, 9.17) is 4.74 Å². The number of aromatic nitrogens is 2. The molecule has 1 aliphatic carbocycles. The minimum Gasteiger partial charge on any atom is -0.367 e. The van der Waals surface area contributed by atoms with Gasteiger partial charge in [0, 0.05) is 37.4 Å². The van der Waals surface area contributed by atoms with E-state index in [1.54, 1.807) is 6.33 Å². The van der Waals surface area contributed by atoms with Gasteiger partial charge in [0.1, 0.15) is 18.8 Å². The predicted octanol–water partition coefficient (Wildman–Crippen LogP) is 1.85. The first kappa shape index (κ1) is 19.6. The van der Waals surface area contributed by atoms with E-state index < -0.39 is 0 Å². The van der Waals surface area contributed by atoms with Crippen molar-refractivity contribution in [2.45, 2.75) is 45.6 Å². The number of likely N-dealkylation sites (tertiary alicyclic amines) is 1. The highest BCUT2D eigenvalue weighted by Gasteiger charge is 2.31. The van der Waals surface area contributed by atoms with Crippen LogP contribution < -0.4 is 5.32 Å². The quantitative estimate of drug-likeness (QED) is 0.770. The third-order valence-corrected chi connectivity index (χ3v) is 6.45. The number of ether oxygens (including phenoxy) is 1. The Balaban J connectivity index is 1.24. The van der Waals surface area contributed by atoms with Gasteiger partial charge in [-0.3, -0.25) is 4.79 Å². The molecule has 0 spiro atoms. The van der Waals surface area contributed by atoms with Gasteiger partial charge in [-0.25, -0.2) is 9.97 Å². The molecule has 1 N–H and O–H groups in total. The summed E-state index contributed by atoms with van der Waals surface area (Å²) in [6.07, 6.45) is 6.84. The van der Waals surface area contributed by atoms with E-state index in [0.717, 1.165) is 29.5 Å². The summed E-state index contributed by atoms with van der Waals surface area (Å²) in [5.41, 5.74) is 2.04. The van der Waals surface area contributed by atoms with Crippen LogP contribution in [0.2, 0.25) is 0 Å². The van der Waals surface area contributed by atoms with Crippen molar-refractivity contribution in [3.63, 3.8) is 0 Å². The molecule has 3 heterocycles. The van der Waals surface area contributed by atoms with Crippen molar-refractivity contribution in [3.05, 3.63) is 17.6 Å². The predicted molar refractivity (Wildman–Crippen MR) is 108 cm³/mol. The molecule has 154 valence electrons. The highest BCUT2D eigenvalue weighted by Crippen LogP contribution is 2.31. The number of carbonyl (C=O) groups excluding carboxylic acids is 1. The molecule has 1 aromatic rings.